The van der Waals surface area contributed by atoms with E-state index in [-0.39, 0.29) is 0 Å². The Morgan fingerprint density at radius 2 is 2.21 bits per heavy atom. The average molecular weight is 195 g/mol. The predicted molar refractivity (Wildman–Crippen MR) is 59.4 cm³/mol. The fourth-order valence-corrected chi connectivity index (χ4v) is 1.52. The van der Waals surface area contributed by atoms with Crippen molar-refractivity contribution in [2.24, 2.45) is 5.92 Å². The van der Waals surface area contributed by atoms with Crippen LogP contribution in [0.3, 0.4) is 0 Å². The Kier molecular flexibility index (Phi) is 4.14. The van der Waals surface area contributed by atoms with Gasteiger partial charge in [0.1, 0.15) is 0 Å². The molecule has 1 aromatic rings. The summed E-state index contributed by atoms with van der Waals surface area (Å²) in [4.78, 5) is 4.29. The zero-order valence-corrected chi connectivity index (χ0v) is 9.67. The molecular formula is C11H21N3. The SMILES string of the molecule is CCNCC(C)Cn1cnc(C)c1C. The predicted octanol–water partition coefficient (Wildman–Crippen LogP) is 1.75. The highest BCUT2D eigenvalue weighted by Crippen LogP contribution is 2.07. The number of nitrogens with one attached hydrogen (secondary N) is 1. The van der Waals surface area contributed by atoms with Crippen molar-refractivity contribution in [2.45, 2.75) is 34.2 Å². The smallest absolute Gasteiger partial charge is 0.0951 e. The van der Waals surface area contributed by atoms with Crippen LogP contribution < -0.4 is 5.32 Å². The summed E-state index contributed by atoms with van der Waals surface area (Å²) >= 11 is 0. The largest absolute Gasteiger partial charge is 0.334 e. The third-order valence-corrected chi connectivity index (χ3v) is 2.60. The summed E-state index contributed by atoms with van der Waals surface area (Å²) < 4.78 is 2.23. The van der Waals surface area contributed by atoms with Crippen molar-refractivity contribution in [3.8, 4) is 0 Å². The van der Waals surface area contributed by atoms with Gasteiger partial charge in [-0.3, -0.25) is 0 Å². The number of imidazole rings is 1. The molecular weight excluding hydrogens is 174 g/mol. The van der Waals surface area contributed by atoms with Gasteiger partial charge in [0, 0.05) is 12.2 Å². The third kappa shape index (κ3) is 2.84. The molecule has 1 N–H and O–H groups in total. The number of hydrogen-bond donors (Lipinski definition) is 1. The first kappa shape index (κ1) is 11.2. The van der Waals surface area contributed by atoms with Crippen LogP contribution in [0.2, 0.25) is 0 Å². The summed E-state index contributed by atoms with van der Waals surface area (Å²) in [7, 11) is 0. The molecule has 14 heavy (non-hydrogen) atoms. The highest BCUT2D eigenvalue weighted by molar-refractivity contribution is 5.08. The minimum absolute atomic E-state index is 0.655. The van der Waals surface area contributed by atoms with E-state index in [2.05, 4.69) is 42.6 Å². The second kappa shape index (κ2) is 5.15. The van der Waals surface area contributed by atoms with Crippen molar-refractivity contribution < 1.29 is 0 Å². The van der Waals surface area contributed by atoms with E-state index < -0.39 is 0 Å². The van der Waals surface area contributed by atoms with Crippen molar-refractivity contribution in [3.05, 3.63) is 17.7 Å². The van der Waals surface area contributed by atoms with Crippen LogP contribution in [-0.4, -0.2) is 22.6 Å². The van der Waals surface area contributed by atoms with E-state index >= 15 is 0 Å². The van der Waals surface area contributed by atoms with Crippen LogP contribution in [0.1, 0.15) is 25.2 Å². The normalized spacial score (nSPS) is 13.1. The summed E-state index contributed by atoms with van der Waals surface area (Å²) in [5.74, 6) is 0.655. The minimum atomic E-state index is 0.655. The quantitative estimate of drug-likeness (QED) is 0.775. The molecule has 1 heterocycles. The Labute approximate surface area is 86.5 Å². The van der Waals surface area contributed by atoms with E-state index in [0.29, 0.717) is 5.92 Å². The second-order valence-electron chi connectivity index (χ2n) is 3.98. The summed E-state index contributed by atoms with van der Waals surface area (Å²) in [6.07, 6.45) is 1.94. The lowest BCUT2D eigenvalue weighted by Gasteiger charge is -2.13. The molecule has 0 bridgehead atoms. The van der Waals surface area contributed by atoms with Crippen molar-refractivity contribution in [1.29, 1.82) is 0 Å². The molecule has 1 unspecified atom stereocenters. The maximum atomic E-state index is 4.29. The molecule has 0 saturated carbocycles. The third-order valence-electron chi connectivity index (χ3n) is 2.60. The van der Waals surface area contributed by atoms with Crippen LogP contribution in [0.4, 0.5) is 0 Å². The zero-order valence-electron chi connectivity index (χ0n) is 9.67. The van der Waals surface area contributed by atoms with Gasteiger partial charge in [-0.15, -0.1) is 0 Å². The lowest BCUT2D eigenvalue weighted by atomic mass is 10.2. The minimum Gasteiger partial charge on any atom is -0.334 e. The van der Waals surface area contributed by atoms with Crippen LogP contribution in [0, 0.1) is 19.8 Å². The molecule has 3 heteroatoms. The Balaban J connectivity index is 2.47. The van der Waals surface area contributed by atoms with Crippen LogP contribution in [-0.2, 0) is 6.54 Å². The van der Waals surface area contributed by atoms with Crippen LogP contribution in [0.25, 0.3) is 0 Å². The Bertz CT molecular complexity index is 278. The first-order valence-corrected chi connectivity index (χ1v) is 5.34. The Morgan fingerprint density at radius 3 is 2.71 bits per heavy atom. The molecule has 0 radical (unpaired) electrons. The molecule has 0 aliphatic heterocycles. The fourth-order valence-electron chi connectivity index (χ4n) is 1.52. The van der Waals surface area contributed by atoms with Gasteiger partial charge in [-0.2, -0.15) is 0 Å². The molecule has 80 valence electrons. The van der Waals surface area contributed by atoms with E-state index in [9.17, 15) is 0 Å². The Hall–Kier alpha value is -0.830. The number of aryl methyl sites for hydroxylation is 1. The molecule has 0 aromatic carbocycles. The maximum absolute atomic E-state index is 4.29. The maximum Gasteiger partial charge on any atom is 0.0951 e. The van der Waals surface area contributed by atoms with Gasteiger partial charge in [-0.05, 0) is 32.9 Å². The van der Waals surface area contributed by atoms with Gasteiger partial charge in [-0.25, -0.2) is 4.98 Å². The second-order valence-corrected chi connectivity index (χ2v) is 3.98. The van der Waals surface area contributed by atoms with Gasteiger partial charge in [0.25, 0.3) is 0 Å². The van der Waals surface area contributed by atoms with Gasteiger partial charge < -0.3 is 9.88 Å². The number of nitrogens with zero attached hydrogens (tertiary/aromatic N) is 2. The fraction of sp³-hybridized carbons (Fsp3) is 0.727. The number of aromatic nitrogens is 2. The summed E-state index contributed by atoms with van der Waals surface area (Å²) in [5, 5.41) is 3.36. The van der Waals surface area contributed by atoms with E-state index in [0.717, 1.165) is 25.3 Å². The van der Waals surface area contributed by atoms with Crippen molar-refractivity contribution in [3.63, 3.8) is 0 Å². The molecule has 0 fully saturated rings. The molecule has 0 amide bonds. The molecule has 1 rings (SSSR count). The van der Waals surface area contributed by atoms with Crippen molar-refractivity contribution >= 4 is 0 Å². The molecule has 0 aliphatic carbocycles. The number of hydrogen-bond acceptors (Lipinski definition) is 2. The van der Waals surface area contributed by atoms with Crippen molar-refractivity contribution in [2.75, 3.05) is 13.1 Å². The number of rotatable bonds is 5. The lowest BCUT2D eigenvalue weighted by molar-refractivity contribution is 0.446. The van der Waals surface area contributed by atoms with E-state index in [1.54, 1.807) is 0 Å². The highest BCUT2D eigenvalue weighted by atomic mass is 15.1. The van der Waals surface area contributed by atoms with Gasteiger partial charge >= 0.3 is 0 Å². The lowest BCUT2D eigenvalue weighted by Crippen LogP contribution is -2.23. The molecule has 0 saturated heterocycles. The molecule has 0 aliphatic rings. The average Bonchev–Trinajstić information content (AvgIpc) is 2.46. The van der Waals surface area contributed by atoms with Gasteiger partial charge in [0.2, 0.25) is 0 Å². The van der Waals surface area contributed by atoms with Crippen molar-refractivity contribution in [1.82, 2.24) is 14.9 Å². The highest BCUT2D eigenvalue weighted by Gasteiger charge is 2.06. The van der Waals surface area contributed by atoms with Gasteiger partial charge in [0.05, 0.1) is 12.0 Å². The molecule has 0 spiro atoms. The summed E-state index contributed by atoms with van der Waals surface area (Å²) in [6.45, 7) is 11.8. The Morgan fingerprint density at radius 1 is 1.50 bits per heavy atom. The molecule has 1 aromatic heterocycles. The van der Waals surface area contributed by atoms with Crippen LogP contribution >= 0.6 is 0 Å². The van der Waals surface area contributed by atoms with E-state index in [4.69, 9.17) is 0 Å². The van der Waals surface area contributed by atoms with Gasteiger partial charge in [-0.1, -0.05) is 13.8 Å². The van der Waals surface area contributed by atoms with Crippen LogP contribution in [0.5, 0.6) is 0 Å². The standard InChI is InChI=1S/C11H21N3/c1-5-12-6-9(2)7-14-8-13-10(3)11(14)4/h8-9,12H,5-7H2,1-4H3. The first-order valence-electron chi connectivity index (χ1n) is 5.34. The summed E-state index contributed by atoms with van der Waals surface area (Å²) in [6, 6.07) is 0. The first-order chi connectivity index (χ1) is 6.65. The van der Waals surface area contributed by atoms with E-state index in [1.165, 1.54) is 5.69 Å². The molecule has 1 atom stereocenters. The topological polar surface area (TPSA) is 29.9 Å². The van der Waals surface area contributed by atoms with E-state index in [1.807, 2.05) is 6.33 Å². The molecule has 3 nitrogen and oxygen atoms in total. The monoisotopic (exact) mass is 195 g/mol. The van der Waals surface area contributed by atoms with Gasteiger partial charge in [0.15, 0.2) is 0 Å². The van der Waals surface area contributed by atoms with Crippen LogP contribution in [0.15, 0.2) is 6.33 Å². The summed E-state index contributed by atoms with van der Waals surface area (Å²) in [5.41, 5.74) is 2.42. The zero-order chi connectivity index (χ0) is 10.6.